The second-order valence-electron chi connectivity index (χ2n) is 5.44. The molecule has 1 heterocycles. The fourth-order valence-corrected chi connectivity index (χ4v) is 4.33. The molecule has 0 radical (unpaired) electrons. The van der Waals surface area contributed by atoms with Crippen LogP contribution in [0.2, 0.25) is 0 Å². The molecule has 0 spiro atoms. The number of piperidine rings is 1. The van der Waals surface area contributed by atoms with Crippen molar-refractivity contribution >= 4 is 19.9 Å². The zero-order valence-electron chi connectivity index (χ0n) is 12.0. The Morgan fingerprint density at radius 2 is 1.67 bits per heavy atom. The van der Waals surface area contributed by atoms with Crippen molar-refractivity contribution in [3.63, 3.8) is 0 Å². The fraction of sp³-hybridized carbons (Fsp3) is 0.538. The molecule has 1 aliphatic rings. The van der Waals surface area contributed by atoms with Crippen LogP contribution < -0.4 is 10.0 Å². The number of sulfonamides is 1. The second-order valence-corrected chi connectivity index (χ2v) is 9.17. The topological polar surface area (TPSA) is 92.3 Å². The van der Waals surface area contributed by atoms with Crippen LogP contribution in [0.25, 0.3) is 0 Å². The van der Waals surface area contributed by atoms with Crippen molar-refractivity contribution < 1.29 is 16.8 Å². The van der Waals surface area contributed by atoms with Crippen molar-refractivity contribution in [3.8, 4) is 0 Å². The molecule has 1 aromatic carbocycles. The highest BCUT2D eigenvalue weighted by atomic mass is 32.2. The number of benzene rings is 1. The average molecular weight is 332 g/mol. The van der Waals surface area contributed by atoms with Crippen LogP contribution in [0.15, 0.2) is 34.1 Å². The minimum Gasteiger partial charge on any atom is -0.316 e. The number of nitrogens with one attached hydrogen (secondary N) is 2. The molecule has 0 aromatic heterocycles. The third-order valence-electron chi connectivity index (χ3n) is 3.65. The van der Waals surface area contributed by atoms with E-state index in [1.165, 1.54) is 24.3 Å². The molecule has 2 rings (SSSR count). The third kappa shape index (κ3) is 4.03. The first-order valence-electron chi connectivity index (χ1n) is 6.73. The molecular formula is C13H20N2O4S2. The summed E-state index contributed by atoms with van der Waals surface area (Å²) in [6.07, 6.45) is 1.83. The van der Waals surface area contributed by atoms with Crippen molar-refractivity contribution in [2.45, 2.75) is 29.2 Å². The lowest BCUT2D eigenvalue weighted by atomic mass is 9.97. The van der Waals surface area contributed by atoms with Crippen molar-refractivity contribution in [3.05, 3.63) is 24.3 Å². The molecule has 8 heteroatoms. The maximum atomic E-state index is 12.3. The van der Waals surface area contributed by atoms with E-state index in [0.717, 1.165) is 25.8 Å². The van der Waals surface area contributed by atoms with Crippen LogP contribution in [0, 0.1) is 5.92 Å². The number of hydrogen-bond acceptors (Lipinski definition) is 5. The number of sulfone groups is 1. The number of hydrogen-bond donors (Lipinski definition) is 2. The van der Waals surface area contributed by atoms with E-state index in [4.69, 9.17) is 0 Å². The minimum absolute atomic E-state index is 0.0839. The van der Waals surface area contributed by atoms with Gasteiger partial charge in [0.2, 0.25) is 10.0 Å². The molecule has 1 aromatic rings. The molecule has 6 nitrogen and oxygen atoms in total. The lowest BCUT2D eigenvalue weighted by Crippen LogP contribution is -2.48. The molecule has 0 bridgehead atoms. The van der Waals surface area contributed by atoms with Gasteiger partial charge in [-0.1, -0.05) is 6.92 Å². The highest BCUT2D eigenvalue weighted by Crippen LogP contribution is 2.17. The van der Waals surface area contributed by atoms with Crippen LogP contribution in [0.5, 0.6) is 0 Å². The van der Waals surface area contributed by atoms with Crippen LogP contribution in [0.4, 0.5) is 0 Å². The summed E-state index contributed by atoms with van der Waals surface area (Å²) < 4.78 is 50.1. The predicted molar refractivity (Wildman–Crippen MR) is 80.3 cm³/mol. The van der Waals surface area contributed by atoms with Crippen LogP contribution in [0.3, 0.4) is 0 Å². The van der Waals surface area contributed by atoms with Gasteiger partial charge in [-0.05, 0) is 49.7 Å². The Labute approximate surface area is 125 Å². The fourth-order valence-electron chi connectivity index (χ4n) is 2.32. The Hall–Kier alpha value is -0.960. The second kappa shape index (κ2) is 6.04. The third-order valence-corrected chi connectivity index (χ3v) is 6.29. The Kier molecular flexibility index (Phi) is 4.72. The first-order chi connectivity index (χ1) is 9.70. The molecule has 1 saturated heterocycles. The molecule has 2 atom stereocenters. The SMILES string of the molecule is CC1CNCCC1NS(=O)(=O)c1ccc(S(C)(=O)=O)cc1. The Bertz CT molecular complexity index is 696. The minimum atomic E-state index is -3.63. The summed E-state index contributed by atoms with van der Waals surface area (Å²) in [4.78, 5) is 0.192. The molecular weight excluding hydrogens is 312 g/mol. The van der Waals surface area contributed by atoms with Gasteiger partial charge in [-0.3, -0.25) is 0 Å². The van der Waals surface area contributed by atoms with Gasteiger partial charge in [0.05, 0.1) is 9.79 Å². The van der Waals surface area contributed by atoms with Gasteiger partial charge in [0.25, 0.3) is 0 Å². The van der Waals surface area contributed by atoms with Crippen molar-refractivity contribution in [1.29, 1.82) is 0 Å². The van der Waals surface area contributed by atoms with Crippen LogP contribution >= 0.6 is 0 Å². The molecule has 2 unspecified atom stereocenters. The van der Waals surface area contributed by atoms with Crippen LogP contribution in [-0.2, 0) is 19.9 Å². The normalized spacial score (nSPS) is 23.9. The van der Waals surface area contributed by atoms with Gasteiger partial charge in [-0.2, -0.15) is 0 Å². The lowest BCUT2D eigenvalue weighted by molar-refractivity contribution is 0.328. The zero-order valence-corrected chi connectivity index (χ0v) is 13.7. The molecule has 0 saturated carbocycles. The van der Waals surface area contributed by atoms with Crippen LogP contribution in [0.1, 0.15) is 13.3 Å². The monoisotopic (exact) mass is 332 g/mol. The van der Waals surface area contributed by atoms with E-state index in [2.05, 4.69) is 10.0 Å². The van der Waals surface area contributed by atoms with Crippen LogP contribution in [-0.4, -0.2) is 42.2 Å². The summed E-state index contributed by atoms with van der Waals surface area (Å²) in [7, 11) is -6.95. The summed E-state index contributed by atoms with van der Waals surface area (Å²) in [6, 6.07) is 5.17. The molecule has 21 heavy (non-hydrogen) atoms. The van der Waals surface area contributed by atoms with Crippen molar-refractivity contribution in [2.75, 3.05) is 19.3 Å². The van der Waals surface area contributed by atoms with Crippen molar-refractivity contribution in [2.24, 2.45) is 5.92 Å². The molecule has 2 N–H and O–H groups in total. The Morgan fingerprint density at radius 3 is 2.19 bits per heavy atom. The maximum absolute atomic E-state index is 12.3. The van der Waals surface area contributed by atoms with E-state index in [-0.39, 0.29) is 21.8 Å². The van der Waals surface area contributed by atoms with Crippen molar-refractivity contribution in [1.82, 2.24) is 10.0 Å². The maximum Gasteiger partial charge on any atom is 0.240 e. The summed E-state index contributed by atoms with van der Waals surface area (Å²) in [5, 5.41) is 3.21. The van der Waals surface area contributed by atoms with E-state index in [9.17, 15) is 16.8 Å². The first-order valence-corrected chi connectivity index (χ1v) is 10.1. The Morgan fingerprint density at radius 1 is 1.10 bits per heavy atom. The first kappa shape index (κ1) is 16.4. The molecule has 1 aliphatic heterocycles. The molecule has 0 amide bonds. The van der Waals surface area contributed by atoms with Gasteiger partial charge >= 0.3 is 0 Å². The summed E-state index contributed by atoms with van der Waals surface area (Å²) >= 11 is 0. The summed E-state index contributed by atoms with van der Waals surface area (Å²) in [5.41, 5.74) is 0. The predicted octanol–water partition coefficient (Wildman–Crippen LogP) is 0.366. The van der Waals surface area contributed by atoms with E-state index in [1.807, 2.05) is 6.92 Å². The van der Waals surface area contributed by atoms with E-state index in [1.54, 1.807) is 0 Å². The zero-order chi connectivity index (χ0) is 15.7. The standard InChI is InChI=1S/C13H20N2O4S2/c1-10-9-14-8-7-13(10)15-21(18,19)12-5-3-11(4-6-12)20(2,16)17/h3-6,10,13-15H,7-9H2,1-2H3. The summed E-state index contributed by atoms with van der Waals surface area (Å²) in [6.45, 7) is 3.55. The van der Waals surface area contributed by atoms with Gasteiger partial charge < -0.3 is 5.32 Å². The highest BCUT2D eigenvalue weighted by molar-refractivity contribution is 7.90. The van der Waals surface area contributed by atoms with Gasteiger partial charge in [0.1, 0.15) is 0 Å². The average Bonchev–Trinajstić information content (AvgIpc) is 2.40. The van der Waals surface area contributed by atoms with E-state index < -0.39 is 19.9 Å². The summed E-state index contributed by atoms with van der Waals surface area (Å²) in [5.74, 6) is 0.212. The van der Waals surface area contributed by atoms with E-state index in [0.29, 0.717) is 0 Å². The molecule has 118 valence electrons. The smallest absolute Gasteiger partial charge is 0.240 e. The molecule has 1 fully saturated rings. The van der Waals surface area contributed by atoms with E-state index >= 15 is 0 Å². The van der Waals surface area contributed by atoms with Gasteiger partial charge in [0, 0.05) is 12.3 Å². The van der Waals surface area contributed by atoms with Gasteiger partial charge in [-0.15, -0.1) is 0 Å². The largest absolute Gasteiger partial charge is 0.316 e. The van der Waals surface area contributed by atoms with Gasteiger partial charge in [-0.25, -0.2) is 21.6 Å². The quantitative estimate of drug-likeness (QED) is 0.831. The van der Waals surface area contributed by atoms with Gasteiger partial charge in [0.15, 0.2) is 9.84 Å². The lowest BCUT2D eigenvalue weighted by Gasteiger charge is -2.29. The Balaban J connectivity index is 2.19. The number of rotatable bonds is 4. The molecule has 0 aliphatic carbocycles. The highest BCUT2D eigenvalue weighted by Gasteiger charge is 2.26.